The molecule has 9 heteroatoms. The summed E-state index contributed by atoms with van der Waals surface area (Å²) in [4.78, 5) is 35.3. The molecule has 1 aromatic rings. The van der Waals surface area contributed by atoms with Crippen LogP contribution in [0.5, 0.6) is 0 Å². The molecule has 0 saturated carbocycles. The van der Waals surface area contributed by atoms with Crippen molar-refractivity contribution >= 4 is 35.4 Å². The van der Waals surface area contributed by atoms with Crippen molar-refractivity contribution in [1.29, 1.82) is 0 Å². The first-order chi connectivity index (χ1) is 12.2. The lowest BCUT2D eigenvalue weighted by Crippen LogP contribution is -3.09. The number of carbonyl (C=O) groups is 3. The number of Topliss-reactive ketones (excluding diaryl/α,β-unsaturated/α-hetero) is 1. The number of esters is 2. The zero-order valence-electron chi connectivity index (χ0n) is 14.3. The number of ketones is 1. The van der Waals surface area contributed by atoms with Crippen LogP contribution < -0.4 is 5.23 Å². The van der Waals surface area contributed by atoms with Gasteiger partial charge in [-0.2, -0.15) is 0 Å². The van der Waals surface area contributed by atoms with Crippen molar-refractivity contribution in [3.8, 4) is 0 Å². The summed E-state index contributed by atoms with van der Waals surface area (Å²) in [6.45, 7) is 1.33. The number of rotatable bonds is 4. The summed E-state index contributed by atoms with van der Waals surface area (Å²) < 4.78 is 9.32. The molecule has 1 aromatic carbocycles. The summed E-state index contributed by atoms with van der Waals surface area (Å²) in [5.41, 5.74) is 0.279. The van der Waals surface area contributed by atoms with Crippen molar-refractivity contribution in [3.63, 3.8) is 0 Å². The summed E-state index contributed by atoms with van der Waals surface area (Å²) >= 11 is 6.47. The van der Waals surface area contributed by atoms with E-state index in [0.29, 0.717) is 11.1 Å². The predicted molar refractivity (Wildman–Crippen MR) is 90.4 cm³/mol. The summed E-state index contributed by atoms with van der Waals surface area (Å²) in [5, 5.41) is 19.9. The zero-order valence-corrected chi connectivity index (χ0v) is 15.1. The molecule has 0 saturated heterocycles. The minimum absolute atomic E-state index is 0.343. The monoisotopic (exact) mass is 383 g/mol. The van der Waals surface area contributed by atoms with Gasteiger partial charge in [-0.25, -0.2) is 20.0 Å². The smallest absolute Gasteiger partial charge is 0.341 e. The number of nitrogens with one attached hydrogen (secondary N) is 1. The number of hydrogen-bond acceptors (Lipinski definition) is 7. The molecule has 26 heavy (non-hydrogen) atoms. The van der Waals surface area contributed by atoms with Crippen LogP contribution in [0.15, 0.2) is 29.8 Å². The van der Waals surface area contributed by atoms with Crippen molar-refractivity contribution in [2.24, 2.45) is 0 Å². The van der Waals surface area contributed by atoms with Gasteiger partial charge in [-0.3, -0.25) is 4.79 Å². The molecule has 2 N–H and O–H groups in total. The third kappa shape index (κ3) is 3.12. The highest BCUT2D eigenvalue weighted by atomic mass is 35.5. The Balaban J connectivity index is 2.86. The normalized spacial score (nSPS) is 24.6. The van der Waals surface area contributed by atoms with E-state index in [1.165, 1.54) is 13.0 Å². The lowest BCUT2D eigenvalue weighted by Gasteiger charge is -2.36. The predicted octanol–water partition coefficient (Wildman–Crippen LogP) is 0.220. The highest BCUT2D eigenvalue weighted by Crippen LogP contribution is 2.44. The number of hydrogen-bond donors (Lipinski definition) is 2. The zero-order chi connectivity index (χ0) is 19.6. The summed E-state index contributed by atoms with van der Waals surface area (Å²) in [6.07, 6.45) is 1.25. The highest BCUT2D eigenvalue weighted by molar-refractivity contribution is 6.51. The van der Waals surface area contributed by atoms with Crippen molar-refractivity contribution < 1.29 is 34.3 Å². The maximum absolute atomic E-state index is 13.1. The number of quaternary nitrogens is 1. The topological polar surface area (TPSA) is 117 Å². The standard InChI is InChI=1S/C17H18ClNO7/c1-9(19(23)24)13-11-7-5-4-6-10(11)8-12(15(21)25-2)14(20)17(13,18)16(22)26-3/h4-9,13,19,23H,1-3H3. The van der Waals surface area contributed by atoms with E-state index in [0.717, 1.165) is 14.2 Å². The fourth-order valence-electron chi connectivity index (χ4n) is 3.08. The third-order valence-corrected chi connectivity index (χ3v) is 4.97. The van der Waals surface area contributed by atoms with Gasteiger partial charge in [-0.15, -0.1) is 0 Å². The molecule has 0 radical (unpaired) electrons. The number of hydroxylamine groups is 2. The lowest BCUT2D eigenvalue weighted by molar-refractivity contribution is -1.07. The quantitative estimate of drug-likeness (QED) is 0.251. The van der Waals surface area contributed by atoms with Crippen molar-refractivity contribution in [2.75, 3.05) is 14.2 Å². The first-order valence-corrected chi connectivity index (χ1v) is 8.01. The van der Waals surface area contributed by atoms with E-state index in [1.807, 2.05) is 0 Å². The van der Waals surface area contributed by atoms with Gasteiger partial charge in [0.25, 0.3) is 0 Å². The molecule has 0 fully saturated rings. The number of alkyl halides is 1. The molecule has 1 aliphatic carbocycles. The van der Waals surface area contributed by atoms with Gasteiger partial charge < -0.3 is 14.7 Å². The van der Waals surface area contributed by atoms with Crippen LogP contribution in [0.1, 0.15) is 24.0 Å². The third-order valence-electron chi connectivity index (χ3n) is 4.41. The number of ether oxygens (including phenoxy) is 2. The van der Waals surface area contributed by atoms with Crippen LogP contribution >= 0.6 is 11.6 Å². The van der Waals surface area contributed by atoms with Crippen LogP contribution in [-0.2, 0) is 23.9 Å². The number of methoxy groups -OCH3 is 2. The number of halogens is 1. The maximum atomic E-state index is 13.1. The van der Waals surface area contributed by atoms with Crippen molar-refractivity contribution in [3.05, 3.63) is 46.2 Å². The fraction of sp³-hybridized carbons (Fsp3) is 0.353. The fourth-order valence-corrected chi connectivity index (χ4v) is 3.57. The summed E-state index contributed by atoms with van der Waals surface area (Å²) in [6, 6.07) is 5.20. The lowest BCUT2D eigenvalue weighted by atomic mass is 9.77. The molecule has 0 aromatic heterocycles. The van der Waals surface area contributed by atoms with Gasteiger partial charge in [0, 0.05) is 0 Å². The van der Waals surface area contributed by atoms with E-state index in [9.17, 15) is 24.8 Å². The molecule has 4 unspecified atom stereocenters. The Hall–Kier alpha value is -2.26. The van der Waals surface area contributed by atoms with Crippen LogP contribution in [-0.4, -0.2) is 48.1 Å². The highest BCUT2D eigenvalue weighted by Gasteiger charge is 2.59. The van der Waals surface area contributed by atoms with Crippen LogP contribution in [0, 0.1) is 5.21 Å². The first-order valence-electron chi connectivity index (χ1n) is 7.64. The number of fused-ring (bicyclic) bond motifs is 1. The molecule has 8 nitrogen and oxygen atoms in total. The molecule has 140 valence electrons. The SMILES string of the molecule is COC(=O)C1=Cc2ccccc2C(C(C)[NH+]([O-])O)C(Cl)(C(=O)OC)C1=O. The molecule has 4 atom stereocenters. The second-order valence-electron chi connectivity index (χ2n) is 5.82. The average Bonchev–Trinajstić information content (AvgIpc) is 2.73. The average molecular weight is 384 g/mol. The van der Waals surface area contributed by atoms with Gasteiger partial charge >= 0.3 is 11.9 Å². The Kier molecular flexibility index (Phi) is 5.82. The van der Waals surface area contributed by atoms with E-state index < -0.39 is 45.4 Å². The molecule has 2 rings (SSSR count). The molecule has 0 heterocycles. The van der Waals surface area contributed by atoms with Gasteiger partial charge in [0.1, 0.15) is 11.6 Å². The molecule has 1 aliphatic rings. The second kappa shape index (κ2) is 7.55. The van der Waals surface area contributed by atoms with E-state index in [4.69, 9.17) is 16.3 Å². The Morgan fingerprint density at radius 1 is 1.31 bits per heavy atom. The molecule has 0 aliphatic heterocycles. The molecule has 0 spiro atoms. The molecule has 0 bridgehead atoms. The van der Waals surface area contributed by atoms with E-state index in [2.05, 4.69) is 4.74 Å². The number of benzene rings is 1. The first kappa shape index (κ1) is 20.1. The van der Waals surface area contributed by atoms with Gasteiger partial charge in [-0.05, 0) is 24.1 Å². The van der Waals surface area contributed by atoms with Crippen LogP contribution in [0.4, 0.5) is 0 Å². The van der Waals surface area contributed by atoms with E-state index in [1.54, 1.807) is 24.3 Å². The molecular weight excluding hydrogens is 366 g/mol. The van der Waals surface area contributed by atoms with E-state index in [-0.39, 0.29) is 0 Å². The van der Waals surface area contributed by atoms with Gasteiger partial charge in [0.2, 0.25) is 10.7 Å². The Labute approximate surface area is 154 Å². The Morgan fingerprint density at radius 2 is 1.92 bits per heavy atom. The van der Waals surface area contributed by atoms with Crippen molar-refractivity contribution in [1.82, 2.24) is 0 Å². The van der Waals surface area contributed by atoms with E-state index >= 15 is 0 Å². The molecular formula is C17H18ClNO7. The van der Waals surface area contributed by atoms with Crippen LogP contribution in [0.3, 0.4) is 0 Å². The summed E-state index contributed by atoms with van der Waals surface area (Å²) in [5.74, 6) is -4.46. The van der Waals surface area contributed by atoms with Crippen LogP contribution in [0.25, 0.3) is 6.08 Å². The second-order valence-corrected chi connectivity index (χ2v) is 6.41. The summed E-state index contributed by atoms with van der Waals surface area (Å²) in [7, 11) is 2.11. The number of carbonyl (C=O) groups excluding carboxylic acids is 3. The van der Waals surface area contributed by atoms with Crippen molar-refractivity contribution in [2.45, 2.75) is 23.8 Å². The van der Waals surface area contributed by atoms with Gasteiger partial charge in [0.15, 0.2) is 0 Å². The maximum Gasteiger partial charge on any atom is 0.341 e. The molecule has 0 amide bonds. The van der Waals surface area contributed by atoms with Gasteiger partial charge in [0.05, 0.1) is 20.1 Å². The minimum Gasteiger partial charge on any atom is -0.600 e. The minimum atomic E-state index is -2.43. The van der Waals surface area contributed by atoms with Crippen LogP contribution in [0.2, 0.25) is 0 Å². The Morgan fingerprint density at radius 3 is 2.46 bits per heavy atom. The Bertz CT molecular complexity index is 776. The largest absolute Gasteiger partial charge is 0.600 e. The van der Waals surface area contributed by atoms with Gasteiger partial charge in [-0.1, -0.05) is 35.9 Å².